The SMILES string of the molecule is O=C(NCc1coc(-c2ccccc2)n1)NC1COc2ccccc21. The van der Waals surface area contributed by atoms with Gasteiger partial charge in [-0.05, 0) is 18.2 Å². The summed E-state index contributed by atoms with van der Waals surface area (Å²) in [6.07, 6.45) is 1.55. The average molecular weight is 335 g/mol. The van der Waals surface area contributed by atoms with Crippen molar-refractivity contribution in [1.29, 1.82) is 0 Å². The molecule has 0 spiro atoms. The number of rotatable bonds is 4. The number of nitrogens with zero attached hydrogens (tertiary/aromatic N) is 1. The third-order valence-electron chi connectivity index (χ3n) is 4.01. The van der Waals surface area contributed by atoms with E-state index in [0.29, 0.717) is 18.2 Å². The lowest BCUT2D eigenvalue weighted by Crippen LogP contribution is -2.38. The Balaban J connectivity index is 1.33. The van der Waals surface area contributed by atoms with E-state index in [1.165, 1.54) is 0 Å². The van der Waals surface area contributed by atoms with Gasteiger partial charge in [-0.25, -0.2) is 9.78 Å². The van der Waals surface area contributed by atoms with Crippen LogP contribution in [-0.2, 0) is 6.54 Å². The number of para-hydroxylation sites is 1. The van der Waals surface area contributed by atoms with Crippen molar-refractivity contribution < 1.29 is 13.9 Å². The number of oxazole rings is 1. The highest BCUT2D eigenvalue weighted by atomic mass is 16.5. The number of nitrogens with one attached hydrogen (secondary N) is 2. The van der Waals surface area contributed by atoms with Crippen molar-refractivity contribution in [3.05, 3.63) is 72.1 Å². The summed E-state index contributed by atoms with van der Waals surface area (Å²) in [5.41, 5.74) is 2.56. The van der Waals surface area contributed by atoms with Gasteiger partial charge in [-0.15, -0.1) is 0 Å². The van der Waals surface area contributed by atoms with Crippen LogP contribution in [0.1, 0.15) is 17.3 Å². The Kier molecular flexibility index (Phi) is 4.08. The smallest absolute Gasteiger partial charge is 0.315 e. The van der Waals surface area contributed by atoms with Crippen LogP contribution in [0.15, 0.2) is 65.3 Å². The molecule has 1 atom stereocenters. The molecule has 1 aliphatic heterocycles. The predicted molar refractivity (Wildman–Crippen MR) is 92.0 cm³/mol. The number of benzene rings is 2. The normalized spacial score (nSPS) is 15.3. The van der Waals surface area contributed by atoms with E-state index in [4.69, 9.17) is 9.15 Å². The quantitative estimate of drug-likeness (QED) is 0.767. The van der Waals surface area contributed by atoms with Crippen molar-refractivity contribution in [2.75, 3.05) is 6.61 Å². The zero-order valence-electron chi connectivity index (χ0n) is 13.4. The molecule has 6 heteroatoms. The lowest BCUT2D eigenvalue weighted by atomic mass is 10.1. The van der Waals surface area contributed by atoms with Gasteiger partial charge in [-0.2, -0.15) is 0 Å². The molecule has 0 aliphatic carbocycles. The maximum Gasteiger partial charge on any atom is 0.315 e. The van der Waals surface area contributed by atoms with Gasteiger partial charge in [0.2, 0.25) is 5.89 Å². The second-order valence-corrected chi connectivity index (χ2v) is 5.74. The summed E-state index contributed by atoms with van der Waals surface area (Å²) in [6.45, 7) is 0.728. The van der Waals surface area contributed by atoms with E-state index in [1.807, 2.05) is 54.6 Å². The third-order valence-corrected chi connectivity index (χ3v) is 4.01. The molecular weight excluding hydrogens is 318 g/mol. The van der Waals surface area contributed by atoms with Gasteiger partial charge in [0.05, 0.1) is 18.3 Å². The molecule has 3 aromatic rings. The molecular formula is C19H17N3O3. The molecule has 0 bridgehead atoms. The summed E-state index contributed by atoms with van der Waals surface area (Å²) >= 11 is 0. The highest BCUT2D eigenvalue weighted by Gasteiger charge is 2.24. The number of aromatic nitrogens is 1. The second kappa shape index (κ2) is 6.68. The molecule has 6 nitrogen and oxygen atoms in total. The fraction of sp³-hybridized carbons (Fsp3) is 0.158. The van der Waals surface area contributed by atoms with E-state index in [2.05, 4.69) is 15.6 Å². The standard InChI is InChI=1S/C19H17N3O3/c23-19(22-16-12-24-17-9-5-4-8-15(16)17)20-10-14-11-25-18(21-14)13-6-2-1-3-7-13/h1-9,11,16H,10,12H2,(H2,20,22,23). The fourth-order valence-corrected chi connectivity index (χ4v) is 2.76. The van der Waals surface area contributed by atoms with Gasteiger partial charge >= 0.3 is 6.03 Å². The Hall–Kier alpha value is -3.28. The lowest BCUT2D eigenvalue weighted by molar-refractivity contribution is 0.231. The molecule has 0 fully saturated rings. The van der Waals surface area contributed by atoms with Crippen LogP contribution in [0.3, 0.4) is 0 Å². The monoisotopic (exact) mass is 335 g/mol. The highest BCUT2D eigenvalue weighted by molar-refractivity contribution is 5.74. The van der Waals surface area contributed by atoms with E-state index >= 15 is 0 Å². The Morgan fingerprint density at radius 2 is 1.92 bits per heavy atom. The molecule has 25 heavy (non-hydrogen) atoms. The van der Waals surface area contributed by atoms with Crippen LogP contribution in [0.25, 0.3) is 11.5 Å². The summed E-state index contributed by atoms with van der Waals surface area (Å²) in [5.74, 6) is 1.35. The topological polar surface area (TPSA) is 76.4 Å². The van der Waals surface area contributed by atoms with Crippen LogP contribution >= 0.6 is 0 Å². The molecule has 1 aliphatic rings. The maximum atomic E-state index is 12.1. The van der Waals surface area contributed by atoms with Gasteiger partial charge in [0, 0.05) is 11.1 Å². The molecule has 1 aromatic heterocycles. The average Bonchev–Trinajstić information content (AvgIpc) is 3.28. The number of fused-ring (bicyclic) bond motifs is 1. The van der Waals surface area contributed by atoms with E-state index in [9.17, 15) is 4.79 Å². The molecule has 1 unspecified atom stereocenters. The number of ether oxygens (including phenoxy) is 1. The van der Waals surface area contributed by atoms with Gasteiger partial charge in [0.15, 0.2) is 0 Å². The summed E-state index contributed by atoms with van der Waals surface area (Å²) in [5, 5.41) is 5.70. The Bertz CT molecular complexity index is 876. The van der Waals surface area contributed by atoms with Crippen molar-refractivity contribution in [3.63, 3.8) is 0 Å². The first-order valence-corrected chi connectivity index (χ1v) is 8.05. The van der Waals surface area contributed by atoms with Gasteiger partial charge in [0.25, 0.3) is 0 Å². The molecule has 2 amide bonds. The van der Waals surface area contributed by atoms with Gasteiger partial charge in [-0.3, -0.25) is 0 Å². The molecule has 2 aromatic carbocycles. The van der Waals surface area contributed by atoms with Crippen LogP contribution in [0, 0.1) is 0 Å². The first kappa shape index (κ1) is 15.3. The van der Waals surface area contributed by atoms with E-state index < -0.39 is 0 Å². The van der Waals surface area contributed by atoms with Gasteiger partial charge < -0.3 is 19.8 Å². The molecule has 4 rings (SSSR count). The van der Waals surface area contributed by atoms with Gasteiger partial charge in [0.1, 0.15) is 18.6 Å². The van der Waals surface area contributed by atoms with Crippen LogP contribution in [-0.4, -0.2) is 17.6 Å². The van der Waals surface area contributed by atoms with Crippen molar-refractivity contribution >= 4 is 6.03 Å². The van der Waals surface area contributed by atoms with Crippen LogP contribution in [0.5, 0.6) is 5.75 Å². The summed E-state index contributed by atoms with van der Waals surface area (Å²) in [4.78, 5) is 16.5. The van der Waals surface area contributed by atoms with Crippen molar-refractivity contribution in [3.8, 4) is 17.2 Å². The molecule has 0 radical (unpaired) electrons. The van der Waals surface area contributed by atoms with Crippen LogP contribution < -0.4 is 15.4 Å². The largest absolute Gasteiger partial charge is 0.491 e. The summed E-state index contributed by atoms with van der Waals surface area (Å²) in [6, 6.07) is 16.9. The number of amides is 2. The summed E-state index contributed by atoms with van der Waals surface area (Å²) in [7, 11) is 0. The predicted octanol–water partition coefficient (Wildman–Crippen LogP) is 3.27. The van der Waals surface area contributed by atoms with E-state index in [0.717, 1.165) is 16.9 Å². The molecule has 0 saturated heterocycles. The van der Waals surface area contributed by atoms with Crippen LogP contribution in [0.2, 0.25) is 0 Å². The van der Waals surface area contributed by atoms with Crippen molar-refractivity contribution in [2.24, 2.45) is 0 Å². The van der Waals surface area contributed by atoms with Crippen molar-refractivity contribution in [1.82, 2.24) is 15.6 Å². The minimum Gasteiger partial charge on any atom is -0.491 e. The molecule has 2 heterocycles. The maximum absolute atomic E-state index is 12.1. The molecule has 126 valence electrons. The van der Waals surface area contributed by atoms with E-state index in [-0.39, 0.29) is 18.6 Å². The van der Waals surface area contributed by atoms with Crippen LogP contribution in [0.4, 0.5) is 4.79 Å². The zero-order valence-corrected chi connectivity index (χ0v) is 13.4. The minimum absolute atomic E-state index is 0.145. The number of hydrogen-bond donors (Lipinski definition) is 2. The van der Waals surface area contributed by atoms with Crippen molar-refractivity contribution in [2.45, 2.75) is 12.6 Å². The van der Waals surface area contributed by atoms with Gasteiger partial charge in [-0.1, -0.05) is 36.4 Å². The number of carbonyl (C=O) groups is 1. The highest BCUT2D eigenvalue weighted by Crippen LogP contribution is 2.31. The first-order valence-electron chi connectivity index (χ1n) is 8.05. The Labute approximate surface area is 144 Å². The first-order chi connectivity index (χ1) is 12.3. The van der Waals surface area contributed by atoms with E-state index in [1.54, 1.807) is 6.26 Å². The second-order valence-electron chi connectivity index (χ2n) is 5.74. The Morgan fingerprint density at radius 3 is 2.80 bits per heavy atom. The number of hydrogen-bond acceptors (Lipinski definition) is 4. The zero-order chi connectivity index (χ0) is 17.1. The fourth-order valence-electron chi connectivity index (χ4n) is 2.76. The number of urea groups is 1. The molecule has 2 N–H and O–H groups in total. The number of carbonyl (C=O) groups excluding carboxylic acids is 1. The minimum atomic E-state index is -0.269. The Morgan fingerprint density at radius 1 is 1.12 bits per heavy atom. The summed E-state index contributed by atoms with van der Waals surface area (Å²) < 4.78 is 11.0. The third kappa shape index (κ3) is 3.33. The molecule has 0 saturated carbocycles. The lowest BCUT2D eigenvalue weighted by Gasteiger charge is -2.12.